The summed E-state index contributed by atoms with van der Waals surface area (Å²) in [6.07, 6.45) is 1.81. The van der Waals surface area contributed by atoms with Gasteiger partial charge in [-0.3, -0.25) is 0 Å². The molecule has 35 valence electrons. The molecule has 0 heterocycles. The van der Waals surface area contributed by atoms with Crippen LogP contribution >= 0.6 is 0 Å². The zero-order valence-corrected chi connectivity index (χ0v) is 6.56. The van der Waals surface area contributed by atoms with Crippen molar-refractivity contribution in [2.45, 2.75) is 0 Å². The molecule has 0 aromatic heterocycles. The minimum absolute atomic E-state index is 0. The predicted molar refractivity (Wildman–Crippen MR) is 22.4 cm³/mol. The third kappa shape index (κ3) is 8.90. The van der Waals surface area contributed by atoms with E-state index in [1.807, 2.05) is 0 Å². The molecule has 0 saturated carbocycles. The summed E-state index contributed by atoms with van der Waals surface area (Å²) in [5.41, 5.74) is 10.0. The molecule has 0 aliphatic heterocycles. The van der Waals surface area contributed by atoms with Crippen LogP contribution in [0, 0.1) is 6.42 Å². The van der Waals surface area contributed by atoms with Gasteiger partial charge in [-0.05, 0) is 0 Å². The van der Waals surface area contributed by atoms with Gasteiger partial charge < -0.3 is 17.9 Å². The van der Waals surface area contributed by atoms with Crippen LogP contribution in [-0.4, -0.2) is 13.1 Å². The minimum atomic E-state index is 0. The summed E-state index contributed by atoms with van der Waals surface area (Å²) in [5, 5.41) is 0. The van der Waals surface area contributed by atoms with Crippen molar-refractivity contribution in [2.75, 3.05) is 13.1 Å². The Kier molecular flexibility index (Phi) is 15.8. The summed E-state index contributed by atoms with van der Waals surface area (Å²) in [5.74, 6) is 0. The van der Waals surface area contributed by atoms with E-state index in [2.05, 4.69) is 0 Å². The smallest absolute Gasteiger partial charge is 0 e. The number of hydrogen-bond donors (Lipinski definition) is 2. The van der Waals surface area contributed by atoms with E-state index >= 15 is 0 Å². The van der Waals surface area contributed by atoms with Crippen LogP contribution in [0.5, 0.6) is 0 Å². The Bertz CT molecular complexity index is 16.3. The third-order valence-corrected chi connectivity index (χ3v) is 0.333. The van der Waals surface area contributed by atoms with Crippen LogP contribution in [-0.2, 0) is 32.7 Å². The topological polar surface area (TPSA) is 52.0 Å². The third-order valence-electron chi connectivity index (χ3n) is 0.333. The van der Waals surface area contributed by atoms with Crippen LogP contribution in [0.2, 0.25) is 0 Å². The van der Waals surface area contributed by atoms with Gasteiger partial charge in [0.2, 0.25) is 0 Å². The fourth-order valence-corrected chi connectivity index (χ4v) is 0.0962. The second-order valence-electron chi connectivity index (χ2n) is 0.760. The van der Waals surface area contributed by atoms with Crippen molar-refractivity contribution >= 4 is 0 Å². The normalized spacial score (nSPS) is 7.00. The average molecular weight is 162 g/mol. The van der Waals surface area contributed by atoms with Gasteiger partial charge in [0.25, 0.3) is 0 Å². The molecule has 0 saturated heterocycles. The van der Waals surface area contributed by atoms with Crippen molar-refractivity contribution in [3.8, 4) is 0 Å². The van der Waals surface area contributed by atoms with Gasteiger partial charge in [-0.1, -0.05) is 0 Å². The first-order chi connectivity index (χ1) is 2.41. The zero-order chi connectivity index (χ0) is 4.12. The van der Waals surface area contributed by atoms with Crippen molar-refractivity contribution in [3.63, 3.8) is 0 Å². The Labute approximate surface area is 63.5 Å². The predicted octanol–water partition coefficient (Wildman–Crippen LogP) is -0.894. The first-order valence-electron chi connectivity index (χ1n) is 1.63. The maximum Gasteiger partial charge on any atom is 0 e. The van der Waals surface area contributed by atoms with E-state index in [-0.39, 0.29) is 32.7 Å². The molecule has 0 aliphatic carbocycles. The molecule has 0 unspecified atom stereocenters. The van der Waals surface area contributed by atoms with Crippen LogP contribution < -0.4 is 11.5 Å². The first-order valence-corrected chi connectivity index (χ1v) is 1.63. The van der Waals surface area contributed by atoms with Gasteiger partial charge >= 0.3 is 0 Å². The molecule has 6 heavy (non-hydrogen) atoms. The molecule has 4 N–H and O–H groups in total. The summed E-state index contributed by atoms with van der Waals surface area (Å²) in [7, 11) is 0. The maximum atomic E-state index is 5.00. The summed E-state index contributed by atoms with van der Waals surface area (Å²) < 4.78 is 0. The molecule has 0 spiro atoms. The molecular weight excluding hydrogens is 153 g/mol. The summed E-state index contributed by atoms with van der Waals surface area (Å²) in [6.45, 7) is 1.19. The Balaban J connectivity index is 0. The van der Waals surface area contributed by atoms with E-state index in [9.17, 15) is 0 Å². The quantitative estimate of drug-likeness (QED) is 0.517. The molecule has 1 radical (unpaired) electrons. The van der Waals surface area contributed by atoms with Gasteiger partial charge in [-0.25, -0.2) is 0 Å². The molecule has 0 amide bonds. The Morgan fingerprint density at radius 2 is 1.50 bits per heavy atom. The van der Waals surface area contributed by atoms with E-state index in [4.69, 9.17) is 11.5 Å². The van der Waals surface area contributed by atoms with E-state index in [1.54, 1.807) is 6.42 Å². The van der Waals surface area contributed by atoms with Crippen molar-refractivity contribution in [2.24, 2.45) is 11.5 Å². The first kappa shape index (κ1) is 10.1. The molecule has 0 bridgehead atoms. The van der Waals surface area contributed by atoms with Crippen LogP contribution in [0.4, 0.5) is 0 Å². The zero-order valence-electron chi connectivity index (χ0n) is 3.72. The second-order valence-corrected chi connectivity index (χ2v) is 0.760. The van der Waals surface area contributed by atoms with E-state index in [0.29, 0.717) is 13.1 Å². The van der Waals surface area contributed by atoms with E-state index in [1.165, 1.54) is 0 Å². The molecule has 0 aliphatic rings. The van der Waals surface area contributed by atoms with E-state index in [0.717, 1.165) is 0 Å². The summed E-state index contributed by atoms with van der Waals surface area (Å²) >= 11 is 0. The molecule has 0 rings (SSSR count). The van der Waals surface area contributed by atoms with Gasteiger partial charge in [0.05, 0.1) is 0 Å². The van der Waals surface area contributed by atoms with Gasteiger partial charge in [-0.2, -0.15) is 0 Å². The van der Waals surface area contributed by atoms with Gasteiger partial charge in [0.15, 0.2) is 0 Å². The molecule has 0 fully saturated rings. The largest absolute Gasteiger partial charge is 0.360 e. The van der Waals surface area contributed by atoms with Gasteiger partial charge in [-0.15, -0.1) is 13.1 Å². The fourth-order valence-electron chi connectivity index (χ4n) is 0.0962. The van der Waals surface area contributed by atoms with Crippen molar-refractivity contribution < 1.29 is 32.7 Å². The molecular formula is C3H9N2Y-. The number of rotatable bonds is 2. The molecule has 0 aromatic carbocycles. The summed E-state index contributed by atoms with van der Waals surface area (Å²) in [6, 6.07) is 0. The van der Waals surface area contributed by atoms with Crippen molar-refractivity contribution in [3.05, 3.63) is 6.42 Å². The standard InChI is InChI=1S/C3H9N2.Y/c4-2-1-3-5;/h1H,2-5H2;/q-1;. The molecule has 3 heteroatoms. The molecule has 0 aromatic rings. The summed E-state index contributed by atoms with van der Waals surface area (Å²) in [4.78, 5) is 0. The Morgan fingerprint density at radius 3 is 1.50 bits per heavy atom. The SMILES string of the molecule is NC[CH-]CN.[Y]. The minimum Gasteiger partial charge on any atom is -0.360 e. The van der Waals surface area contributed by atoms with Crippen LogP contribution in [0.1, 0.15) is 0 Å². The fraction of sp³-hybridized carbons (Fsp3) is 0.667. The molecule has 2 nitrogen and oxygen atoms in total. The van der Waals surface area contributed by atoms with Crippen molar-refractivity contribution in [1.29, 1.82) is 0 Å². The van der Waals surface area contributed by atoms with Gasteiger partial charge in [0, 0.05) is 32.7 Å². The monoisotopic (exact) mass is 162 g/mol. The number of nitrogens with two attached hydrogens (primary N) is 2. The number of hydrogen-bond acceptors (Lipinski definition) is 2. The van der Waals surface area contributed by atoms with Crippen LogP contribution in [0.3, 0.4) is 0 Å². The second kappa shape index (κ2) is 9.39. The average Bonchev–Trinajstić information content (AvgIpc) is 1.41. The van der Waals surface area contributed by atoms with E-state index < -0.39 is 0 Å². The Morgan fingerprint density at radius 1 is 1.17 bits per heavy atom. The Hall–Kier alpha value is 1.02. The maximum absolute atomic E-state index is 5.00. The van der Waals surface area contributed by atoms with Crippen LogP contribution in [0.25, 0.3) is 0 Å². The van der Waals surface area contributed by atoms with Gasteiger partial charge in [0.1, 0.15) is 0 Å². The van der Waals surface area contributed by atoms with Crippen LogP contribution in [0.15, 0.2) is 0 Å². The van der Waals surface area contributed by atoms with Crippen molar-refractivity contribution in [1.82, 2.24) is 0 Å². The molecule has 0 atom stereocenters.